The first kappa shape index (κ1) is 13.9. The van der Waals surface area contributed by atoms with E-state index < -0.39 is 6.09 Å². The van der Waals surface area contributed by atoms with Crippen molar-refractivity contribution in [2.45, 2.75) is 13.5 Å². The van der Waals surface area contributed by atoms with Crippen molar-refractivity contribution in [1.82, 2.24) is 0 Å². The molecule has 0 bridgehead atoms. The minimum Gasteiger partial charge on any atom is -0.489 e. The predicted molar refractivity (Wildman–Crippen MR) is 78.0 cm³/mol. The lowest BCUT2D eigenvalue weighted by Crippen LogP contribution is -2.14. The molecule has 2 aromatic rings. The average Bonchev–Trinajstić information content (AvgIpc) is 2.48. The number of carbonyl (C=O) groups excluding carboxylic acids is 1. The molecule has 2 aromatic carbocycles. The highest BCUT2D eigenvalue weighted by molar-refractivity contribution is 5.86. The molecule has 0 aliphatic rings. The molecule has 0 heterocycles. The molecular weight excluding hydrogens is 254 g/mol. The van der Waals surface area contributed by atoms with Gasteiger partial charge in [0.25, 0.3) is 0 Å². The lowest BCUT2D eigenvalue weighted by molar-refractivity contribution is 0.187. The first-order valence-corrected chi connectivity index (χ1v) is 6.32. The van der Waals surface area contributed by atoms with Gasteiger partial charge >= 0.3 is 6.09 Å². The predicted octanol–water partition coefficient (Wildman–Crippen LogP) is 3.75. The van der Waals surface area contributed by atoms with Crippen LogP contribution in [0, 0.1) is 6.92 Å². The Bertz CT molecular complexity index is 582. The fourth-order valence-electron chi connectivity index (χ4n) is 1.86. The second kappa shape index (κ2) is 6.61. The van der Waals surface area contributed by atoms with E-state index in [0.717, 1.165) is 22.6 Å². The van der Waals surface area contributed by atoms with Gasteiger partial charge in [-0.15, -0.1) is 0 Å². The quantitative estimate of drug-likeness (QED) is 0.921. The van der Waals surface area contributed by atoms with Crippen molar-refractivity contribution in [1.29, 1.82) is 0 Å². The molecule has 0 unspecified atom stereocenters. The third-order valence-electron chi connectivity index (χ3n) is 2.91. The zero-order valence-corrected chi connectivity index (χ0v) is 11.6. The molecule has 0 aromatic heterocycles. The van der Waals surface area contributed by atoms with Crippen LogP contribution < -0.4 is 10.1 Å². The van der Waals surface area contributed by atoms with Crippen LogP contribution in [-0.2, 0) is 11.3 Å². The lowest BCUT2D eigenvalue weighted by atomic mass is 10.1. The molecule has 0 atom stereocenters. The van der Waals surface area contributed by atoms with Crippen LogP contribution in [0.4, 0.5) is 10.5 Å². The molecule has 0 saturated carbocycles. The monoisotopic (exact) mass is 271 g/mol. The van der Waals surface area contributed by atoms with E-state index in [1.807, 2.05) is 55.5 Å². The zero-order valence-electron chi connectivity index (χ0n) is 11.6. The maximum absolute atomic E-state index is 11.4. The number of carbonyl (C=O) groups is 1. The van der Waals surface area contributed by atoms with Gasteiger partial charge in [0.1, 0.15) is 12.4 Å². The number of aryl methyl sites for hydroxylation is 1. The number of benzene rings is 2. The first-order chi connectivity index (χ1) is 9.70. The van der Waals surface area contributed by atoms with Crippen molar-refractivity contribution >= 4 is 11.8 Å². The smallest absolute Gasteiger partial charge is 0.411 e. The number of anilines is 1. The summed E-state index contributed by atoms with van der Waals surface area (Å²) in [5.74, 6) is 0.790. The van der Waals surface area contributed by atoms with E-state index in [2.05, 4.69) is 10.1 Å². The normalized spacial score (nSPS) is 9.90. The summed E-state index contributed by atoms with van der Waals surface area (Å²) in [7, 11) is 1.34. The number of hydrogen-bond acceptors (Lipinski definition) is 3. The fourth-order valence-corrected chi connectivity index (χ4v) is 1.86. The van der Waals surface area contributed by atoms with Gasteiger partial charge in [0, 0.05) is 5.56 Å². The number of amides is 1. The molecule has 1 N–H and O–H groups in total. The standard InChI is InChI=1S/C16H17NO3/c1-12-7-6-8-13(15(12)17-16(18)19-2)11-20-14-9-4-3-5-10-14/h3-10H,11H2,1-2H3,(H,17,18). The molecule has 4 nitrogen and oxygen atoms in total. The van der Waals surface area contributed by atoms with Crippen molar-refractivity contribution in [3.63, 3.8) is 0 Å². The van der Waals surface area contributed by atoms with Crippen LogP contribution in [0.2, 0.25) is 0 Å². The first-order valence-electron chi connectivity index (χ1n) is 6.32. The van der Waals surface area contributed by atoms with E-state index in [-0.39, 0.29) is 0 Å². The molecule has 0 aliphatic heterocycles. The summed E-state index contributed by atoms with van der Waals surface area (Å²) in [6.45, 7) is 2.31. The van der Waals surface area contributed by atoms with Gasteiger partial charge in [-0.05, 0) is 24.6 Å². The van der Waals surface area contributed by atoms with Gasteiger partial charge in [-0.25, -0.2) is 4.79 Å². The van der Waals surface area contributed by atoms with E-state index >= 15 is 0 Å². The van der Waals surface area contributed by atoms with Crippen LogP contribution in [0.15, 0.2) is 48.5 Å². The Balaban J connectivity index is 2.14. The molecule has 20 heavy (non-hydrogen) atoms. The van der Waals surface area contributed by atoms with Crippen molar-refractivity contribution in [2.24, 2.45) is 0 Å². The van der Waals surface area contributed by atoms with Crippen LogP contribution in [0.1, 0.15) is 11.1 Å². The van der Waals surface area contributed by atoms with E-state index in [9.17, 15) is 4.79 Å². The van der Waals surface area contributed by atoms with Crippen LogP contribution in [-0.4, -0.2) is 13.2 Å². The maximum Gasteiger partial charge on any atom is 0.411 e. The Morgan fingerprint density at radius 3 is 2.55 bits per heavy atom. The Labute approximate surface area is 118 Å². The maximum atomic E-state index is 11.4. The summed E-state index contributed by atoms with van der Waals surface area (Å²) in [5, 5.41) is 2.72. The molecule has 0 aliphatic carbocycles. The third-order valence-corrected chi connectivity index (χ3v) is 2.91. The summed E-state index contributed by atoms with van der Waals surface area (Å²) < 4.78 is 10.3. The largest absolute Gasteiger partial charge is 0.489 e. The number of methoxy groups -OCH3 is 1. The van der Waals surface area contributed by atoms with Gasteiger partial charge < -0.3 is 9.47 Å². The second-order valence-corrected chi connectivity index (χ2v) is 4.33. The minimum absolute atomic E-state index is 0.380. The third kappa shape index (κ3) is 3.51. The summed E-state index contributed by atoms with van der Waals surface area (Å²) >= 11 is 0. The molecule has 104 valence electrons. The number of ether oxygens (including phenoxy) is 2. The second-order valence-electron chi connectivity index (χ2n) is 4.33. The van der Waals surface area contributed by atoms with E-state index in [1.54, 1.807) is 0 Å². The molecule has 2 rings (SSSR count). The van der Waals surface area contributed by atoms with Gasteiger partial charge in [-0.2, -0.15) is 0 Å². The average molecular weight is 271 g/mol. The fraction of sp³-hybridized carbons (Fsp3) is 0.188. The summed E-state index contributed by atoms with van der Waals surface area (Å²) in [5.41, 5.74) is 2.60. The van der Waals surface area contributed by atoms with E-state index in [0.29, 0.717) is 6.61 Å². The number of para-hydroxylation sites is 2. The molecule has 0 saturated heterocycles. The summed E-state index contributed by atoms with van der Waals surface area (Å²) in [4.78, 5) is 11.4. The molecule has 4 heteroatoms. The van der Waals surface area contributed by atoms with Crippen molar-refractivity contribution < 1.29 is 14.3 Å². The lowest BCUT2D eigenvalue weighted by Gasteiger charge is -2.14. The van der Waals surface area contributed by atoms with Gasteiger partial charge in [0.15, 0.2) is 0 Å². The summed E-state index contributed by atoms with van der Waals surface area (Å²) in [6, 6.07) is 15.3. The topological polar surface area (TPSA) is 47.6 Å². The Kier molecular flexibility index (Phi) is 4.60. The zero-order chi connectivity index (χ0) is 14.4. The summed E-state index contributed by atoms with van der Waals surface area (Å²) in [6.07, 6.45) is -0.486. The van der Waals surface area contributed by atoms with Crippen LogP contribution >= 0.6 is 0 Å². The van der Waals surface area contributed by atoms with Crippen LogP contribution in [0.25, 0.3) is 0 Å². The van der Waals surface area contributed by atoms with Crippen LogP contribution in [0.3, 0.4) is 0 Å². The van der Waals surface area contributed by atoms with Gasteiger partial charge in [0.2, 0.25) is 0 Å². The highest BCUT2D eigenvalue weighted by Crippen LogP contribution is 2.22. The molecular formula is C16H17NO3. The Morgan fingerprint density at radius 1 is 1.10 bits per heavy atom. The molecule has 0 radical (unpaired) electrons. The Morgan fingerprint density at radius 2 is 1.85 bits per heavy atom. The molecule has 0 fully saturated rings. The number of rotatable bonds is 4. The van der Waals surface area contributed by atoms with Crippen molar-refractivity contribution in [2.75, 3.05) is 12.4 Å². The van der Waals surface area contributed by atoms with Gasteiger partial charge in [-0.1, -0.05) is 36.4 Å². The van der Waals surface area contributed by atoms with Gasteiger partial charge in [0.05, 0.1) is 12.8 Å². The molecule has 0 spiro atoms. The number of nitrogens with one attached hydrogen (secondary N) is 1. The number of hydrogen-bond donors (Lipinski definition) is 1. The van der Waals surface area contributed by atoms with E-state index in [1.165, 1.54) is 7.11 Å². The SMILES string of the molecule is COC(=O)Nc1c(C)cccc1COc1ccccc1. The van der Waals surface area contributed by atoms with E-state index in [4.69, 9.17) is 4.74 Å². The minimum atomic E-state index is -0.486. The highest BCUT2D eigenvalue weighted by Gasteiger charge is 2.10. The van der Waals surface area contributed by atoms with Crippen molar-refractivity contribution in [3.8, 4) is 5.75 Å². The Hall–Kier alpha value is -2.49. The highest BCUT2D eigenvalue weighted by atomic mass is 16.5. The van der Waals surface area contributed by atoms with Gasteiger partial charge in [-0.3, -0.25) is 5.32 Å². The molecule has 1 amide bonds. The van der Waals surface area contributed by atoms with Crippen molar-refractivity contribution in [3.05, 3.63) is 59.7 Å². The van der Waals surface area contributed by atoms with Crippen LogP contribution in [0.5, 0.6) is 5.75 Å².